The Kier molecular flexibility index (Phi) is 9.20. The molecule has 1 heterocycles. The molecule has 0 aliphatic heterocycles. The molecule has 0 aromatic carbocycles. The van der Waals surface area contributed by atoms with E-state index >= 15 is 0 Å². The van der Waals surface area contributed by atoms with Gasteiger partial charge in [0.1, 0.15) is 12.4 Å². The highest BCUT2D eigenvalue weighted by molar-refractivity contribution is 5.76. The minimum atomic E-state index is -0.959. The number of aliphatic hydroxyl groups excluding tert-OH is 3. The van der Waals surface area contributed by atoms with Crippen LogP contribution in [0.2, 0.25) is 0 Å². The van der Waals surface area contributed by atoms with Crippen LogP contribution in [-0.4, -0.2) is 51.2 Å². The summed E-state index contributed by atoms with van der Waals surface area (Å²) < 4.78 is 12.1. The van der Waals surface area contributed by atoms with Crippen LogP contribution >= 0.6 is 0 Å². The Bertz CT molecular complexity index is 1250. The fraction of sp³-hybridized carbons (Fsp3) is 0.722. The molecule has 7 atom stereocenters. The number of rotatable bonds is 10. The zero-order chi connectivity index (χ0) is 31.2. The first-order valence-corrected chi connectivity index (χ1v) is 16.5. The summed E-state index contributed by atoms with van der Waals surface area (Å²) in [5.41, 5.74) is 2.91. The molecule has 4 fully saturated rings. The van der Waals surface area contributed by atoms with Crippen LogP contribution in [0.3, 0.4) is 0 Å². The number of hydrogen-bond acceptors (Lipinski definition) is 7. The van der Waals surface area contributed by atoms with Crippen molar-refractivity contribution in [2.45, 2.75) is 129 Å². The molecule has 5 rings (SSSR count). The molecule has 0 bridgehead atoms. The first-order valence-electron chi connectivity index (χ1n) is 16.5. The molecule has 0 unspecified atom stereocenters. The molecule has 0 spiro atoms. The Balaban J connectivity index is 1.30. The Morgan fingerprint density at radius 2 is 1.98 bits per heavy atom. The minimum Gasteiger partial charge on any atom is -0.461 e. The van der Waals surface area contributed by atoms with Gasteiger partial charge in [0.15, 0.2) is 0 Å². The zero-order valence-electron chi connectivity index (χ0n) is 26.9. The second kappa shape index (κ2) is 12.3. The number of allylic oxidation sites excluding steroid dienone is 3. The summed E-state index contributed by atoms with van der Waals surface area (Å²) in [7, 11) is 0. The maximum Gasteiger partial charge on any atom is 0.314 e. The smallest absolute Gasteiger partial charge is 0.314 e. The number of carbonyl (C=O) groups is 1. The number of aromatic nitrogens is 1. The normalized spacial score (nSPS) is 33.8. The van der Waals surface area contributed by atoms with Crippen LogP contribution in [0.25, 0.3) is 0 Å². The molecular weight excluding hydrogens is 542 g/mol. The van der Waals surface area contributed by atoms with Crippen LogP contribution < -0.4 is 0 Å². The molecular formula is C36H53NO6. The van der Waals surface area contributed by atoms with Gasteiger partial charge >= 0.3 is 5.97 Å². The summed E-state index contributed by atoms with van der Waals surface area (Å²) in [6, 6.07) is 0. The maximum atomic E-state index is 13.1. The second-order valence-corrected chi connectivity index (χ2v) is 15.1. The van der Waals surface area contributed by atoms with Gasteiger partial charge in [-0.05, 0) is 119 Å². The molecule has 4 saturated carbocycles. The molecule has 0 saturated heterocycles. The van der Waals surface area contributed by atoms with E-state index in [4.69, 9.17) is 9.15 Å². The predicted octanol–water partition coefficient (Wildman–Crippen LogP) is 6.50. The van der Waals surface area contributed by atoms with Crippen LogP contribution in [0, 0.1) is 35.5 Å². The van der Waals surface area contributed by atoms with E-state index in [1.807, 2.05) is 6.92 Å². The molecule has 0 radical (unpaired) electrons. The van der Waals surface area contributed by atoms with Crippen LogP contribution in [-0.2, 0) is 14.9 Å². The van der Waals surface area contributed by atoms with E-state index in [1.54, 1.807) is 20.1 Å². The maximum absolute atomic E-state index is 13.1. The monoisotopic (exact) mass is 595 g/mol. The molecule has 43 heavy (non-hydrogen) atoms. The average molecular weight is 596 g/mol. The zero-order valence-corrected chi connectivity index (χ0v) is 26.9. The molecule has 4 aliphatic rings. The average Bonchev–Trinajstić information content (AvgIpc) is 3.52. The summed E-state index contributed by atoms with van der Waals surface area (Å²) in [4.78, 5) is 17.8. The number of aliphatic hydroxyl groups is 3. The topological polar surface area (TPSA) is 113 Å². The number of fused-ring (bicyclic) bond motifs is 1. The Morgan fingerprint density at radius 1 is 1.23 bits per heavy atom. The van der Waals surface area contributed by atoms with Crippen LogP contribution in [0.4, 0.5) is 0 Å². The first kappa shape index (κ1) is 32.2. The third-order valence-electron chi connectivity index (χ3n) is 11.5. The number of oxazole rings is 1. The van der Waals surface area contributed by atoms with Gasteiger partial charge in [-0.1, -0.05) is 38.2 Å². The van der Waals surface area contributed by atoms with Gasteiger partial charge in [-0.2, -0.15) is 0 Å². The Labute approximate surface area is 257 Å². The van der Waals surface area contributed by atoms with Gasteiger partial charge in [0.25, 0.3) is 0 Å². The highest BCUT2D eigenvalue weighted by atomic mass is 16.5. The lowest BCUT2D eigenvalue weighted by Crippen LogP contribution is -2.39. The van der Waals surface area contributed by atoms with Crippen LogP contribution in [0.1, 0.15) is 110 Å². The molecule has 0 amide bonds. The lowest BCUT2D eigenvalue weighted by molar-refractivity contribution is -0.164. The van der Waals surface area contributed by atoms with E-state index in [0.717, 1.165) is 48.9 Å². The number of ether oxygens (including phenoxy) is 1. The van der Waals surface area contributed by atoms with Crippen molar-refractivity contribution in [2.24, 2.45) is 28.6 Å². The first-order chi connectivity index (χ1) is 20.3. The molecule has 4 aliphatic carbocycles. The predicted molar refractivity (Wildman–Crippen MR) is 166 cm³/mol. The van der Waals surface area contributed by atoms with Crippen molar-refractivity contribution >= 4 is 5.97 Å². The molecule has 1 aromatic rings. The van der Waals surface area contributed by atoms with E-state index in [0.29, 0.717) is 36.5 Å². The van der Waals surface area contributed by atoms with Crippen LogP contribution in [0.15, 0.2) is 46.1 Å². The second-order valence-electron chi connectivity index (χ2n) is 15.1. The van der Waals surface area contributed by atoms with Gasteiger partial charge in [-0.15, -0.1) is 0 Å². The summed E-state index contributed by atoms with van der Waals surface area (Å²) >= 11 is 0. The number of hydrogen-bond donors (Lipinski definition) is 3. The molecule has 7 heteroatoms. The quantitative estimate of drug-likeness (QED) is 0.265. The van der Waals surface area contributed by atoms with Crippen LogP contribution in [0.5, 0.6) is 0 Å². The number of nitrogens with zero attached hydrogens (tertiary/aromatic N) is 1. The highest BCUT2D eigenvalue weighted by Crippen LogP contribution is 2.60. The van der Waals surface area contributed by atoms with Crippen molar-refractivity contribution < 1.29 is 29.3 Å². The van der Waals surface area contributed by atoms with E-state index in [1.165, 1.54) is 31.3 Å². The summed E-state index contributed by atoms with van der Waals surface area (Å²) in [6.07, 6.45) is 14.8. The van der Waals surface area contributed by atoms with Gasteiger partial charge in [-0.3, -0.25) is 4.79 Å². The van der Waals surface area contributed by atoms with Crippen molar-refractivity contribution in [1.82, 2.24) is 4.98 Å². The fourth-order valence-electron chi connectivity index (χ4n) is 8.49. The van der Waals surface area contributed by atoms with E-state index in [-0.39, 0.29) is 29.5 Å². The third-order valence-corrected chi connectivity index (χ3v) is 11.5. The largest absolute Gasteiger partial charge is 0.461 e. The van der Waals surface area contributed by atoms with Gasteiger partial charge in [0.05, 0.1) is 35.3 Å². The summed E-state index contributed by atoms with van der Waals surface area (Å²) in [5.74, 6) is 1.87. The van der Waals surface area contributed by atoms with Crippen molar-refractivity contribution in [3.05, 3.63) is 53.3 Å². The fourth-order valence-corrected chi connectivity index (χ4v) is 8.49. The lowest BCUT2D eigenvalue weighted by atomic mass is 9.60. The van der Waals surface area contributed by atoms with Gasteiger partial charge < -0.3 is 24.5 Å². The van der Waals surface area contributed by atoms with E-state index in [2.05, 4.69) is 37.6 Å². The van der Waals surface area contributed by atoms with E-state index < -0.39 is 17.6 Å². The molecule has 3 N–H and O–H groups in total. The minimum absolute atomic E-state index is 0.215. The molecule has 7 nitrogen and oxygen atoms in total. The Hall–Kier alpha value is -2.22. The van der Waals surface area contributed by atoms with Gasteiger partial charge in [0, 0.05) is 6.42 Å². The van der Waals surface area contributed by atoms with E-state index in [9.17, 15) is 20.1 Å². The lowest BCUT2D eigenvalue weighted by Gasteiger charge is -2.44. The standard InChI is InChI=1S/C36H53NO6/c1-22(9-14-31(43-33(41)34(4,5)21-38)36(16-17-36)32-37-23(2)20-42-32)28-12-13-29-25(8-7-15-35(28,29)6)10-11-26-18-27(39)19-30(40)24(26)3/h10-11,20,22,27-31,38-40H,3,7-9,12-19,21H2,1-2,4-6H3/t22-,27-,28-,29+,30+,31-,35-/m1/s1. The molecule has 1 aromatic heterocycles. The van der Waals surface area contributed by atoms with Gasteiger partial charge in [-0.25, -0.2) is 4.98 Å². The summed E-state index contributed by atoms with van der Waals surface area (Å²) in [5, 5.41) is 30.3. The van der Waals surface area contributed by atoms with Crippen molar-refractivity contribution in [3.63, 3.8) is 0 Å². The number of carbonyl (C=O) groups excluding carboxylic acids is 1. The van der Waals surface area contributed by atoms with Crippen molar-refractivity contribution in [3.8, 4) is 0 Å². The molecule has 238 valence electrons. The summed E-state index contributed by atoms with van der Waals surface area (Å²) in [6.45, 7) is 14.1. The van der Waals surface area contributed by atoms with Crippen molar-refractivity contribution in [1.29, 1.82) is 0 Å². The van der Waals surface area contributed by atoms with Crippen molar-refractivity contribution in [2.75, 3.05) is 6.61 Å². The van der Waals surface area contributed by atoms with Gasteiger partial charge in [0.2, 0.25) is 5.89 Å². The third kappa shape index (κ3) is 6.32. The number of aryl methyl sites for hydroxylation is 1. The SMILES string of the molecule is C=C1C(=CC=C2CCC[C@]3(C)[C@@H]([C@H](C)CC[C@@H](OC(=O)C(C)(C)CO)C4(c5nc(C)co5)CC4)CC[C@@H]23)C[C@@H](O)C[C@@H]1O. The highest BCUT2D eigenvalue weighted by Gasteiger charge is 2.57. The number of esters is 1. The Morgan fingerprint density at radius 3 is 2.63 bits per heavy atom.